The Morgan fingerprint density at radius 2 is 1.71 bits per heavy atom. The zero-order valence-electron chi connectivity index (χ0n) is 17.4. The summed E-state index contributed by atoms with van der Waals surface area (Å²) in [6, 6.07) is 12.3. The molecule has 0 radical (unpaired) electrons. The summed E-state index contributed by atoms with van der Waals surface area (Å²) in [5, 5.41) is 5.35. The zero-order chi connectivity index (χ0) is 22.4. The van der Waals surface area contributed by atoms with Gasteiger partial charge < -0.3 is 25.8 Å². The molecule has 0 aliphatic carbocycles. The fourth-order valence-electron chi connectivity index (χ4n) is 3.02. The molecule has 3 rings (SSSR count). The third-order valence-electron chi connectivity index (χ3n) is 4.62. The van der Waals surface area contributed by atoms with Crippen molar-refractivity contribution in [2.75, 3.05) is 27.0 Å². The molecule has 0 spiro atoms. The number of hydrogen-bond acceptors (Lipinski definition) is 7. The smallest absolute Gasteiger partial charge is 0.273 e. The number of nitrogens with two attached hydrogens (primary N) is 1. The largest absolute Gasteiger partial charge is 0.496 e. The molecule has 1 heterocycles. The average molecular weight is 421 g/mol. The van der Waals surface area contributed by atoms with Crippen molar-refractivity contribution >= 4 is 17.6 Å². The van der Waals surface area contributed by atoms with E-state index in [2.05, 4.69) is 20.6 Å². The Bertz CT molecular complexity index is 1090. The number of nitrogens with zero attached hydrogens (tertiary/aromatic N) is 2. The number of carbonyl (C=O) groups is 2. The van der Waals surface area contributed by atoms with Crippen molar-refractivity contribution in [2.24, 2.45) is 0 Å². The van der Waals surface area contributed by atoms with Gasteiger partial charge in [-0.25, -0.2) is 9.97 Å². The Morgan fingerprint density at radius 1 is 1.03 bits per heavy atom. The van der Waals surface area contributed by atoms with E-state index in [-0.39, 0.29) is 24.0 Å². The first-order chi connectivity index (χ1) is 15.0. The lowest BCUT2D eigenvalue weighted by atomic mass is 10.1. The van der Waals surface area contributed by atoms with Crippen LogP contribution in [0.2, 0.25) is 0 Å². The third kappa shape index (κ3) is 4.72. The number of nitrogens with one attached hydrogen (secondary N) is 2. The molecule has 0 unspecified atom stereocenters. The maximum atomic E-state index is 12.8. The molecule has 0 aliphatic heterocycles. The Balaban J connectivity index is 1.83. The summed E-state index contributed by atoms with van der Waals surface area (Å²) in [6.45, 7) is 0.221. The van der Waals surface area contributed by atoms with Crippen molar-refractivity contribution < 1.29 is 19.1 Å². The van der Waals surface area contributed by atoms with Gasteiger partial charge in [-0.1, -0.05) is 18.2 Å². The number of aromatic nitrogens is 2. The first-order valence-electron chi connectivity index (χ1n) is 9.41. The summed E-state index contributed by atoms with van der Waals surface area (Å²) >= 11 is 0. The molecule has 31 heavy (non-hydrogen) atoms. The molecule has 0 saturated carbocycles. The van der Waals surface area contributed by atoms with Crippen molar-refractivity contribution in [3.8, 4) is 22.8 Å². The highest BCUT2D eigenvalue weighted by atomic mass is 16.5. The van der Waals surface area contributed by atoms with E-state index in [0.717, 1.165) is 5.56 Å². The Labute approximate surface area is 179 Å². The van der Waals surface area contributed by atoms with Gasteiger partial charge in [0.1, 0.15) is 11.5 Å². The lowest BCUT2D eigenvalue weighted by Crippen LogP contribution is -2.23. The van der Waals surface area contributed by atoms with Crippen LogP contribution in [-0.4, -0.2) is 43.0 Å². The quantitative estimate of drug-likeness (QED) is 0.532. The summed E-state index contributed by atoms with van der Waals surface area (Å²) in [5.41, 5.74) is 7.98. The van der Waals surface area contributed by atoms with Crippen LogP contribution in [0.4, 0.5) is 5.82 Å². The van der Waals surface area contributed by atoms with Crippen LogP contribution in [0, 0.1) is 0 Å². The standard InChI is InChI=1S/C22H23N5O4/c1-24-22(29)19-20(23)25-12-16(27-19)13-6-4-7-14(10-13)21(28)26-11-15-17(30-2)8-5-9-18(15)31-3/h4-10,12H,11H2,1-3H3,(H2,23,25)(H,24,29)(H,26,28). The molecule has 2 aromatic carbocycles. The van der Waals surface area contributed by atoms with Gasteiger partial charge >= 0.3 is 0 Å². The van der Waals surface area contributed by atoms with E-state index < -0.39 is 5.91 Å². The summed E-state index contributed by atoms with van der Waals surface area (Å²) in [7, 11) is 4.60. The number of nitrogen functional groups attached to an aromatic ring is 1. The van der Waals surface area contributed by atoms with Gasteiger partial charge in [0.25, 0.3) is 11.8 Å². The van der Waals surface area contributed by atoms with Crippen molar-refractivity contribution in [3.63, 3.8) is 0 Å². The van der Waals surface area contributed by atoms with E-state index in [1.165, 1.54) is 13.2 Å². The number of rotatable bonds is 7. The predicted molar refractivity (Wildman–Crippen MR) is 116 cm³/mol. The van der Waals surface area contributed by atoms with E-state index in [9.17, 15) is 9.59 Å². The molecule has 3 aromatic rings. The minimum atomic E-state index is -0.438. The summed E-state index contributed by atoms with van der Waals surface area (Å²) in [4.78, 5) is 33.0. The number of benzene rings is 2. The van der Waals surface area contributed by atoms with Crippen LogP contribution in [0.3, 0.4) is 0 Å². The minimum absolute atomic E-state index is 0.0260. The number of amides is 2. The van der Waals surface area contributed by atoms with Crippen LogP contribution in [0.15, 0.2) is 48.7 Å². The number of anilines is 1. The summed E-state index contributed by atoms with van der Waals surface area (Å²) < 4.78 is 10.7. The lowest BCUT2D eigenvalue weighted by Gasteiger charge is -2.14. The van der Waals surface area contributed by atoms with Crippen LogP contribution in [0.1, 0.15) is 26.4 Å². The van der Waals surface area contributed by atoms with Gasteiger partial charge in [-0.05, 0) is 24.3 Å². The van der Waals surface area contributed by atoms with Gasteiger partial charge in [0.15, 0.2) is 11.5 Å². The molecular formula is C22H23N5O4. The second-order valence-electron chi connectivity index (χ2n) is 6.47. The van der Waals surface area contributed by atoms with Crippen LogP contribution < -0.4 is 25.8 Å². The fourth-order valence-corrected chi connectivity index (χ4v) is 3.02. The highest BCUT2D eigenvalue weighted by molar-refractivity contribution is 5.97. The molecule has 0 aliphatic rings. The average Bonchev–Trinajstić information content (AvgIpc) is 2.82. The van der Waals surface area contributed by atoms with Gasteiger partial charge in [-0.15, -0.1) is 0 Å². The topological polar surface area (TPSA) is 128 Å². The van der Waals surface area contributed by atoms with E-state index in [1.54, 1.807) is 50.6 Å². The van der Waals surface area contributed by atoms with Gasteiger partial charge in [-0.3, -0.25) is 9.59 Å². The molecule has 9 nitrogen and oxygen atoms in total. The molecule has 0 fully saturated rings. The molecule has 9 heteroatoms. The number of carbonyl (C=O) groups excluding carboxylic acids is 2. The second-order valence-corrected chi connectivity index (χ2v) is 6.47. The van der Waals surface area contributed by atoms with Crippen molar-refractivity contribution in [3.05, 3.63) is 65.5 Å². The lowest BCUT2D eigenvalue weighted by molar-refractivity contribution is 0.0945. The molecular weight excluding hydrogens is 398 g/mol. The van der Waals surface area contributed by atoms with Gasteiger partial charge in [0, 0.05) is 18.2 Å². The highest BCUT2D eigenvalue weighted by Gasteiger charge is 2.15. The van der Waals surface area contributed by atoms with E-state index in [0.29, 0.717) is 28.3 Å². The molecule has 0 saturated heterocycles. The monoisotopic (exact) mass is 421 g/mol. The molecule has 0 atom stereocenters. The Morgan fingerprint density at radius 3 is 2.35 bits per heavy atom. The SMILES string of the molecule is CNC(=O)c1nc(-c2cccc(C(=O)NCc3c(OC)cccc3OC)c2)cnc1N. The van der Waals surface area contributed by atoms with Crippen molar-refractivity contribution in [1.82, 2.24) is 20.6 Å². The predicted octanol–water partition coefficient (Wildman–Crippen LogP) is 2.03. The number of ether oxygens (including phenoxy) is 2. The number of hydrogen-bond donors (Lipinski definition) is 3. The van der Waals surface area contributed by atoms with Gasteiger partial charge in [0.2, 0.25) is 0 Å². The second kappa shape index (κ2) is 9.57. The van der Waals surface area contributed by atoms with Gasteiger partial charge in [0.05, 0.1) is 38.2 Å². The van der Waals surface area contributed by atoms with E-state index in [1.807, 2.05) is 6.07 Å². The summed E-state index contributed by atoms with van der Waals surface area (Å²) in [5.74, 6) is 0.540. The Kier molecular flexibility index (Phi) is 6.66. The van der Waals surface area contributed by atoms with Crippen molar-refractivity contribution in [1.29, 1.82) is 0 Å². The molecule has 4 N–H and O–H groups in total. The van der Waals surface area contributed by atoms with Crippen LogP contribution in [0.25, 0.3) is 11.3 Å². The molecule has 2 amide bonds. The normalized spacial score (nSPS) is 10.3. The molecule has 0 bridgehead atoms. The highest BCUT2D eigenvalue weighted by Crippen LogP contribution is 2.28. The van der Waals surface area contributed by atoms with Gasteiger partial charge in [-0.2, -0.15) is 0 Å². The van der Waals surface area contributed by atoms with Crippen molar-refractivity contribution in [2.45, 2.75) is 6.54 Å². The van der Waals surface area contributed by atoms with Crippen LogP contribution >= 0.6 is 0 Å². The fraction of sp³-hybridized carbons (Fsp3) is 0.182. The maximum Gasteiger partial charge on any atom is 0.273 e. The first kappa shape index (κ1) is 21.6. The van der Waals surface area contributed by atoms with E-state index >= 15 is 0 Å². The Hall–Kier alpha value is -4.14. The van der Waals surface area contributed by atoms with E-state index in [4.69, 9.17) is 15.2 Å². The first-order valence-corrected chi connectivity index (χ1v) is 9.41. The molecule has 1 aromatic heterocycles. The maximum absolute atomic E-state index is 12.8. The van der Waals surface area contributed by atoms with Crippen LogP contribution in [0.5, 0.6) is 11.5 Å². The number of methoxy groups -OCH3 is 2. The minimum Gasteiger partial charge on any atom is -0.496 e. The third-order valence-corrected chi connectivity index (χ3v) is 4.62. The summed E-state index contributed by atoms with van der Waals surface area (Å²) in [6.07, 6.45) is 1.46. The zero-order valence-corrected chi connectivity index (χ0v) is 17.4. The van der Waals surface area contributed by atoms with Crippen LogP contribution in [-0.2, 0) is 6.54 Å². The molecule has 160 valence electrons.